The molecule has 20 heavy (non-hydrogen) atoms. The second-order valence-corrected chi connectivity index (χ2v) is 5.12. The molecule has 0 aliphatic heterocycles. The van der Waals surface area contributed by atoms with E-state index in [4.69, 9.17) is 11.6 Å². The minimum Gasteiger partial charge on any atom is -0.348 e. The average Bonchev–Trinajstić information content (AvgIpc) is 2.78. The van der Waals surface area contributed by atoms with E-state index in [9.17, 15) is 4.79 Å². The Morgan fingerprint density at radius 3 is 2.65 bits per heavy atom. The molecular weight excluding hydrogens is 274 g/mol. The van der Waals surface area contributed by atoms with Gasteiger partial charge < -0.3 is 5.32 Å². The van der Waals surface area contributed by atoms with Gasteiger partial charge in [-0.15, -0.1) is 11.6 Å². The summed E-state index contributed by atoms with van der Waals surface area (Å²) in [4.78, 5) is 12.2. The zero-order chi connectivity index (χ0) is 14.5. The van der Waals surface area contributed by atoms with Crippen LogP contribution < -0.4 is 5.32 Å². The van der Waals surface area contributed by atoms with Gasteiger partial charge in [0.2, 0.25) is 0 Å². The van der Waals surface area contributed by atoms with Crippen molar-refractivity contribution in [1.82, 2.24) is 15.1 Å². The molecule has 0 aliphatic rings. The minimum atomic E-state index is -0.128. The van der Waals surface area contributed by atoms with E-state index in [-0.39, 0.29) is 11.9 Å². The normalized spacial score (nSPS) is 12.2. The van der Waals surface area contributed by atoms with Crippen LogP contribution in [-0.4, -0.2) is 27.6 Å². The Bertz CT molecular complexity index is 580. The molecule has 5 heteroatoms. The highest BCUT2D eigenvalue weighted by Crippen LogP contribution is 2.08. The van der Waals surface area contributed by atoms with Crippen molar-refractivity contribution in [2.45, 2.75) is 19.4 Å². The molecule has 1 aromatic carbocycles. The topological polar surface area (TPSA) is 46.9 Å². The van der Waals surface area contributed by atoms with Gasteiger partial charge in [0.15, 0.2) is 0 Å². The van der Waals surface area contributed by atoms with Crippen LogP contribution in [0.2, 0.25) is 0 Å². The highest BCUT2D eigenvalue weighted by Gasteiger charge is 2.17. The lowest BCUT2D eigenvalue weighted by Crippen LogP contribution is -2.37. The summed E-state index contributed by atoms with van der Waals surface area (Å²) < 4.78 is 1.64. The molecule has 0 saturated heterocycles. The fraction of sp³-hybridized carbons (Fsp3) is 0.333. The molecule has 4 nitrogen and oxygen atoms in total. The molecule has 2 aromatic rings. The molecule has 1 aromatic heterocycles. The Labute approximate surface area is 123 Å². The lowest BCUT2D eigenvalue weighted by atomic mass is 10.1. The maximum atomic E-state index is 12.2. The molecule has 0 saturated carbocycles. The van der Waals surface area contributed by atoms with Gasteiger partial charge in [-0.1, -0.05) is 30.3 Å². The van der Waals surface area contributed by atoms with Crippen LogP contribution >= 0.6 is 11.6 Å². The second kappa shape index (κ2) is 6.57. The third kappa shape index (κ3) is 3.61. The van der Waals surface area contributed by atoms with E-state index in [0.29, 0.717) is 11.4 Å². The van der Waals surface area contributed by atoms with Crippen molar-refractivity contribution >= 4 is 17.5 Å². The largest absolute Gasteiger partial charge is 0.348 e. The Hall–Kier alpha value is -1.81. The van der Waals surface area contributed by atoms with Crippen LogP contribution in [0.15, 0.2) is 36.5 Å². The van der Waals surface area contributed by atoms with Crippen molar-refractivity contribution in [3.8, 4) is 0 Å². The molecule has 0 fully saturated rings. The van der Waals surface area contributed by atoms with Crippen LogP contribution in [0.25, 0.3) is 0 Å². The first-order chi connectivity index (χ1) is 9.60. The van der Waals surface area contributed by atoms with Crippen LogP contribution in [0.1, 0.15) is 21.6 Å². The number of hydrogen-bond donors (Lipinski definition) is 1. The van der Waals surface area contributed by atoms with Crippen molar-refractivity contribution < 1.29 is 4.79 Å². The Morgan fingerprint density at radius 2 is 2.10 bits per heavy atom. The smallest absolute Gasteiger partial charge is 0.255 e. The number of amides is 1. The molecule has 1 N–H and O–H groups in total. The molecular formula is C15H18ClN3O. The lowest BCUT2D eigenvalue weighted by Gasteiger charge is -2.15. The zero-order valence-electron chi connectivity index (χ0n) is 11.6. The van der Waals surface area contributed by atoms with Crippen LogP contribution in [0.5, 0.6) is 0 Å². The Kier molecular flexibility index (Phi) is 4.79. The highest BCUT2D eigenvalue weighted by atomic mass is 35.5. The molecule has 1 unspecified atom stereocenters. The third-order valence-electron chi connectivity index (χ3n) is 3.10. The number of benzene rings is 1. The maximum Gasteiger partial charge on any atom is 0.255 e. The van der Waals surface area contributed by atoms with Gasteiger partial charge in [0, 0.05) is 25.2 Å². The number of nitrogens with one attached hydrogen (secondary N) is 1. The van der Waals surface area contributed by atoms with Gasteiger partial charge in [0.05, 0.1) is 11.3 Å². The summed E-state index contributed by atoms with van der Waals surface area (Å²) in [5.74, 6) is 0.247. The Morgan fingerprint density at radius 1 is 1.40 bits per heavy atom. The fourth-order valence-corrected chi connectivity index (χ4v) is 2.31. The summed E-state index contributed by atoms with van der Waals surface area (Å²) in [6, 6.07) is 9.89. The third-order valence-corrected chi connectivity index (χ3v) is 3.48. The summed E-state index contributed by atoms with van der Waals surface area (Å²) in [6.07, 6.45) is 2.44. The first-order valence-electron chi connectivity index (χ1n) is 6.51. The number of aromatic nitrogens is 2. The fourth-order valence-electron chi connectivity index (χ4n) is 2.13. The average molecular weight is 292 g/mol. The predicted molar refractivity (Wildman–Crippen MR) is 80.1 cm³/mol. The summed E-state index contributed by atoms with van der Waals surface area (Å²) in [7, 11) is 1.80. The predicted octanol–water partition coefficient (Wildman–Crippen LogP) is 2.31. The number of hydrogen-bond acceptors (Lipinski definition) is 2. The number of aryl methyl sites for hydroxylation is 2. The molecule has 1 amide bonds. The second-order valence-electron chi connectivity index (χ2n) is 4.82. The standard InChI is InChI=1S/C15H18ClN3O/c1-11-14(10-19(2)18-11)15(20)17-13(9-16)8-12-6-4-3-5-7-12/h3-7,10,13H,8-9H2,1-2H3,(H,17,20). The van der Waals surface area contributed by atoms with Gasteiger partial charge in [-0.25, -0.2) is 0 Å². The maximum absolute atomic E-state index is 12.2. The van der Waals surface area contributed by atoms with Gasteiger partial charge >= 0.3 is 0 Å². The number of carbonyl (C=O) groups excluding carboxylic acids is 1. The molecule has 106 valence electrons. The minimum absolute atomic E-state index is 0.0915. The number of nitrogens with zero attached hydrogens (tertiary/aromatic N) is 2. The summed E-state index contributed by atoms with van der Waals surface area (Å²) in [5, 5.41) is 7.13. The molecule has 1 atom stereocenters. The van der Waals surface area contributed by atoms with Crippen LogP contribution in [0, 0.1) is 6.92 Å². The number of halogens is 1. The van der Waals surface area contributed by atoms with Crippen molar-refractivity contribution in [1.29, 1.82) is 0 Å². The Balaban J connectivity index is 2.03. The monoisotopic (exact) mass is 291 g/mol. The number of rotatable bonds is 5. The van der Waals surface area contributed by atoms with Gasteiger partial charge in [0.1, 0.15) is 0 Å². The highest BCUT2D eigenvalue weighted by molar-refractivity contribution is 6.18. The van der Waals surface area contributed by atoms with Crippen molar-refractivity contribution in [2.75, 3.05) is 5.88 Å². The molecule has 0 aliphatic carbocycles. The molecule has 0 radical (unpaired) electrons. The lowest BCUT2D eigenvalue weighted by molar-refractivity contribution is 0.0940. The first kappa shape index (κ1) is 14.6. The van der Waals surface area contributed by atoms with E-state index in [1.54, 1.807) is 17.9 Å². The van der Waals surface area contributed by atoms with Gasteiger partial charge in [-0.2, -0.15) is 5.10 Å². The van der Waals surface area contributed by atoms with Crippen molar-refractivity contribution in [3.63, 3.8) is 0 Å². The van der Waals surface area contributed by atoms with Gasteiger partial charge in [-0.3, -0.25) is 9.48 Å². The van der Waals surface area contributed by atoms with E-state index < -0.39 is 0 Å². The van der Waals surface area contributed by atoms with Gasteiger partial charge in [0.25, 0.3) is 5.91 Å². The van der Waals surface area contributed by atoms with Crippen molar-refractivity contribution in [2.24, 2.45) is 7.05 Å². The van der Waals surface area contributed by atoms with Crippen LogP contribution in [-0.2, 0) is 13.5 Å². The summed E-state index contributed by atoms with van der Waals surface area (Å²) >= 11 is 5.96. The van der Waals surface area contributed by atoms with E-state index in [1.165, 1.54) is 0 Å². The molecule has 2 rings (SSSR count). The molecule has 0 bridgehead atoms. The van der Waals surface area contributed by atoms with Crippen LogP contribution in [0.4, 0.5) is 0 Å². The quantitative estimate of drug-likeness (QED) is 0.859. The number of carbonyl (C=O) groups is 1. The van der Waals surface area contributed by atoms with E-state index in [2.05, 4.69) is 10.4 Å². The molecule has 0 spiro atoms. The molecule has 1 heterocycles. The zero-order valence-corrected chi connectivity index (χ0v) is 12.4. The van der Waals surface area contributed by atoms with Gasteiger partial charge in [-0.05, 0) is 18.9 Å². The SMILES string of the molecule is Cc1nn(C)cc1C(=O)NC(CCl)Cc1ccccc1. The van der Waals surface area contributed by atoms with Crippen LogP contribution in [0.3, 0.4) is 0 Å². The van der Waals surface area contributed by atoms with E-state index in [1.807, 2.05) is 37.3 Å². The summed E-state index contributed by atoms with van der Waals surface area (Å²) in [6.45, 7) is 1.82. The number of alkyl halides is 1. The first-order valence-corrected chi connectivity index (χ1v) is 7.04. The summed E-state index contributed by atoms with van der Waals surface area (Å²) in [5.41, 5.74) is 2.47. The van der Waals surface area contributed by atoms with E-state index >= 15 is 0 Å². The van der Waals surface area contributed by atoms with E-state index in [0.717, 1.165) is 17.7 Å². The van der Waals surface area contributed by atoms with Crippen molar-refractivity contribution in [3.05, 3.63) is 53.3 Å².